The first-order valence-corrected chi connectivity index (χ1v) is 3.29. The van der Waals surface area contributed by atoms with Gasteiger partial charge in [-0.15, -0.1) is 12.3 Å². The van der Waals surface area contributed by atoms with Gasteiger partial charge in [0.25, 0.3) is 0 Å². The maximum absolute atomic E-state index is 8.39. The number of nitrogens with one attached hydrogen (secondary N) is 1. The minimum absolute atomic E-state index is 0.108. The summed E-state index contributed by atoms with van der Waals surface area (Å²) in [7, 11) is 0. The molecule has 0 fully saturated rings. The van der Waals surface area contributed by atoms with Gasteiger partial charge in [0.05, 0.1) is 12.1 Å². The van der Waals surface area contributed by atoms with E-state index in [1.807, 2.05) is 13.8 Å². The first-order valence-electron chi connectivity index (χ1n) is 3.29. The Morgan fingerprint density at radius 1 is 1.60 bits per heavy atom. The highest BCUT2D eigenvalue weighted by atomic mass is 14.9. The van der Waals surface area contributed by atoms with Crippen molar-refractivity contribution in [3.05, 3.63) is 0 Å². The maximum atomic E-state index is 8.39. The van der Waals surface area contributed by atoms with Crippen LogP contribution >= 0.6 is 0 Å². The lowest BCUT2D eigenvalue weighted by Gasteiger charge is -2.11. The first-order chi connectivity index (χ1) is 4.70. The quantitative estimate of drug-likeness (QED) is 0.585. The topological polar surface area (TPSA) is 35.8 Å². The van der Waals surface area contributed by atoms with Crippen molar-refractivity contribution in [2.45, 2.75) is 32.4 Å². The summed E-state index contributed by atoms with van der Waals surface area (Å²) in [5, 5.41) is 11.4. The minimum Gasteiger partial charge on any atom is -0.299 e. The smallest absolute Gasteiger partial charge is 0.0926 e. The van der Waals surface area contributed by atoms with Gasteiger partial charge in [-0.3, -0.25) is 5.32 Å². The van der Waals surface area contributed by atoms with Crippen LogP contribution in [0.1, 0.15) is 20.3 Å². The average molecular weight is 136 g/mol. The summed E-state index contributed by atoms with van der Waals surface area (Å²) in [6, 6.07) is 2.20. The predicted molar refractivity (Wildman–Crippen MR) is 41.1 cm³/mol. The van der Waals surface area contributed by atoms with E-state index in [9.17, 15) is 0 Å². The Bertz CT molecular complexity index is 161. The van der Waals surface area contributed by atoms with Crippen molar-refractivity contribution in [1.29, 1.82) is 5.26 Å². The third-order valence-electron chi connectivity index (χ3n) is 1.15. The zero-order valence-electron chi connectivity index (χ0n) is 6.39. The molecule has 2 nitrogen and oxygen atoms in total. The fourth-order valence-corrected chi connectivity index (χ4v) is 0.700. The largest absolute Gasteiger partial charge is 0.299 e. The van der Waals surface area contributed by atoms with E-state index in [0.717, 1.165) is 0 Å². The summed E-state index contributed by atoms with van der Waals surface area (Å²) in [5.74, 6) is 2.53. The van der Waals surface area contributed by atoms with Gasteiger partial charge in [-0.25, -0.2) is 0 Å². The van der Waals surface area contributed by atoms with Crippen LogP contribution in [-0.4, -0.2) is 12.1 Å². The van der Waals surface area contributed by atoms with Crippen molar-refractivity contribution >= 4 is 0 Å². The second-order valence-electron chi connectivity index (χ2n) is 2.33. The highest BCUT2D eigenvalue weighted by molar-refractivity contribution is 4.92. The molecule has 0 saturated heterocycles. The number of hydrogen-bond donors (Lipinski definition) is 1. The molecule has 0 aromatic carbocycles. The molecule has 0 spiro atoms. The molecule has 0 bridgehead atoms. The van der Waals surface area contributed by atoms with Crippen LogP contribution in [-0.2, 0) is 0 Å². The highest BCUT2D eigenvalue weighted by Gasteiger charge is 2.02. The molecule has 0 radical (unpaired) electrons. The lowest BCUT2D eigenvalue weighted by molar-refractivity contribution is 0.531. The molecule has 54 valence electrons. The lowest BCUT2D eigenvalue weighted by atomic mass is 10.2. The van der Waals surface area contributed by atoms with Gasteiger partial charge >= 0.3 is 0 Å². The first kappa shape index (κ1) is 9.01. The van der Waals surface area contributed by atoms with E-state index >= 15 is 0 Å². The molecule has 0 aliphatic rings. The van der Waals surface area contributed by atoms with Gasteiger partial charge in [-0.05, 0) is 13.8 Å². The number of nitrogens with zero attached hydrogens (tertiary/aromatic N) is 1. The van der Waals surface area contributed by atoms with Gasteiger partial charge in [0.15, 0.2) is 0 Å². The van der Waals surface area contributed by atoms with Crippen LogP contribution in [0.15, 0.2) is 0 Å². The second kappa shape index (κ2) is 4.85. The third kappa shape index (κ3) is 3.95. The van der Waals surface area contributed by atoms with Crippen LogP contribution in [0.2, 0.25) is 0 Å². The molecule has 2 heteroatoms. The molecule has 1 N–H and O–H groups in total. The Kier molecular flexibility index (Phi) is 4.37. The van der Waals surface area contributed by atoms with E-state index in [1.165, 1.54) is 0 Å². The fraction of sp³-hybridized carbons (Fsp3) is 0.625. The van der Waals surface area contributed by atoms with Crippen molar-refractivity contribution in [2.75, 3.05) is 0 Å². The van der Waals surface area contributed by atoms with E-state index < -0.39 is 0 Å². The molecule has 0 heterocycles. The summed E-state index contributed by atoms with van der Waals surface area (Å²) in [6.07, 6.45) is 5.75. The van der Waals surface area contributed by atoms with Gasteiger partial charge in [-0.1, -0.05) is 0 Å². The van der Waals surface area contributed by atoms with Crippen molar-refractivity contribution in [3.63, 3.8) is 0 Å². The van der Waals surface area contributed by atoms with Crippen molar-refractivity contribution < 1.29 is 0 Å². The predicted octanol–water partition coefficient (Wildman–Crippen LogP) is 0.900. The second-order valence-corrected chi connectivity index (χ2v) is 2.33. The van der Waals surface area contributed by atoms with E-state index in [4.69, 9.17) is 11.7 Å². The average Bonchev–Trinajstić information content (AvgIpc) is 1.88. The number of rotatable bonds is 3. The van der Waals surface area contributed by atoms with Crippen LogP contribution in [0.3, 0.4) is 0 Å². The Labute approximate surface area is 62.2 Å². The molecule has 0 saturated carbocycles. The van der Waals surface area contributed by atoms with Crippen molar-refractivity contribution in [2.24, 2.45) is 0 Å². The number of nitriles is 1. The van der Waals surface area contributed by atoms with Crippen LogP contribution in [0.25, 0.3) is 0 Å². The standard InChI is InChI=1S/C8H12N2/c1-4-5-7(2)10-8(3)6-9/h1,7-8,10H,5H2,2-3H3. The van der Waals surface area contributed by atoms with E-state index in [0.29, 0.717) is 6.42 Å². The normalized spacial score (nSPS) is 14.8. The summed E-state index contributed by atoms with van der Waals surface area (Å²) < 4.78 is 0. The number of hydrogen-bond acceptors (Lipinski definition) is 2. The molecule has 0 amide bonds. The third-order valence-corrected chi connectivity index (χ3v) is 1.15. The van der Waals surface area contributed by atoms with Crippen molar-refractivity contribution in [3.8, 4) is 18.4 Å². The zero-order chi connectivity index (χ0) is 7.98. The molecule has 0 aliphatic heterocycles. The molecule has 0 aliphatic carbocycles. The van der Waals surface area contributed by atoms with Gasteiger partial charge in [0.2, 0.25) is 0 Å². The number of terminal acetylenes is 1. The Morgan fingerprint density at radius 2 is 2.20 bits per heavy atom. The molecule has 0 aromatic heterocycles. The summed E-state index contributed by atoms with van der Waals surface area (Å²) in [4.78, 5) is 0. The van der Waals surface area contributed by atoms with Gasteiger partial charge in [0, 0.05) is 12.5 Å². The zero-order valence-corrected chi connectivity index (χ0v) is 6.39. The molecular formula is C8H12N2. The van der Waals surface area contributed by atoms with Crippen LogP contribution in [0, 0.1) is 23.7 Å². The fourth-order valence-electron chi connectivity index (χ4n) is 0.700. The Morgan fingerprint density at radius 3 is 2.60 bits per heavy atom. The van der Waals surface area contributed by atoms with E-state index in [2.05, 4.69) is 17.3 Å². The minimum atomic E-state index is -0.108. The summed E-state index contributed by atoms with van der Waals surface area (Å²) in [6.45, 7) is 3.78. The SMILES string of the molecule is C#CCC(C)NC(C)C#N. The maximum Gasteiger partial charge on any atom is 0.0926 e. The van der Waals surface area contributed by atoms with Gasteiger partial charge < -0.3 is 0 Å². The lowest BCUT2D eigenvalue weighted by Crippen LogP contribution is -2.32. The monoisotopic (exact) mass is 136 g/mol. The van der Waals surface area contributed by atoms with Crippen LogP contribution in [0.5, 0.6) is 0 Å². The molecular weight excluding hydrogens is 124 g/mol. The molecule has 2 atom stereocenters. The Balaban J connectivity index is 3.51. The van der Waals surface area contributed by atoms with Crippen LogP contribution in [0.4, 0.5) is 0 Å². The van der Waals surface area contributed by atoms with Crippen LogP contribution < -0.4 is 5.32 Å². The van der Waals surface area contributed by atoms with E-state index in [-0.39, 0.29) is 12.1 Å². The van der Waals surface area contributed by atoms with E-state index in [1.54, 1.807) is 0 Å². The molecule has 10 heavy (non-hydrogen) atoms. The van der Waals surface area contributed by atoms with Gasteiger partial charge in [0.1, 0.15) is 0 Å². The Hall–Kier alpha value is -0.990. The van der Waals surface area contributed by atoms with Crippen molar-refractivity contribution in [1.82, 2.24) is 5.32 Å². The molecule has 2 unspecified atom stereocenters. The molecule has 0 aromatic rings. The molecule has 0 rings (SSSR count). The summed E-state index contributed by atoms with van der Waals surface area (Å²) >= 11 is 0. The van der Waals surface area contributed by atoms with Gasteiger partial charge in [-0.2, -0.15) is 5.26 Å². The summed E-state index contributed by atoms with van der Waals surface area (Å²) in [5.41, 5.74) is 0. The highest BCUT2D eigenvalue weighted by Crippen LogP contribution is 1.89.